The minimum absolute atomic E-state index is 0.350. The van der Waals surface area contributed by atoms with E-state index in [1.807, 2.05) is 0 Å². The molecule has 21 heavy (non-hydrogen) atoms. The van der Waals surface area contributed by atoms with E-state index in [2.05, 4.69) is 10.6 Å². The third-order valence-corrected chi connectivity index (χ3v) is 2.94. The first-order valence-electron chi connectivity index (χ1n) is 6.54. The number of urea groups is 1. The van der Waals surface area contributed by atoms with Crippen LogP contribution in [0.3, 0.4) is 0 Å². The van der Waals surface area contributed by atoms with Gasteiger partial charge in [0.2, 0.25) is 0 Å². The summed E-state index contributed by atoms with van der Waals surface area (Å²) in [7, 11) is 0. The van der Waals surface area contributed by atoms with Crippen LogP contribution in [-0.2, 0) is 0 Å². The highest BCUT2D eigenvalue weighted by molar-refractivity contribution is 6.00. The van der Waals surface area contributed by atoms with E-state index >= 15 is 0 Å². The Balaban J connectivity index is 1.67. The van der Waals surface area contributed by atoms with Crippen LogP contribution < -0.4 is 25.8 Å². The Morgan fingerprint density at radius 2 is 1.67 bits per heavy atom. The molecule has 0 spiro atoms. The minimum Gasteiger partial charge on any atom is -0.486 e. The third-order valence-electron chi connectivity index (χ3n) is 2.94. The summed E-state index contributed by atoms with van der Waals surface area (Å²) in [5.74, 6) is 1.31. The number of hydrogen-bond acceptors (Lipinski definition) is 4. The average molecular weight is 285 g/mol. The largest absolute Gasteiger partial charge is 0.486 e. The van der Waals surface area contributed by atoms with Gasteiger partial charge >= 0.3 is 6.03 Å². The molecule has 1 heterocycles. The zero-order valence-corrected chi connectivity index (χ0v) is 11.3. The second kappa shape index (κ2) is 5.62. The average Bonchev–Trinajstić information content (AvgIpc) is 2.47. The van der Waals surface area contributed by atoms with Crippen molar-refractivity contribution in [2.75, 3.05) is 29.6 Å². The van der Waals surface area contributed by atoms with Crippen molar-refractivity contribution in [2.24, 2.45) is 0 Å². The van der Waals surface area contributed by atoms with Gasteiger partial charge in [0.25, 0.3) is 0 Å². The zero-order chi connectivity index (χ0) is 14.7. The van der Waals surface area contributed by atoms with Crippen LogP contribution in [0.25, 0.3) is 0 Å². The summed E-state index contributed by atoms with van der Waals surface area (Å²) in [4.78, 5) is 11.9. The number of anilines is 3. The van der Waals surface area contributed by atoms with Gasteiger partial charge in [-0.25, -0.2) is 4.79 Å². The Morgan fingerprint density at radius 1 is 0.952 bits per heavy atom. The van der Waals surface area contributed by atoms with Gasteiger partial charge in [0.1, 0.15) is 13.2 Å². The molecule has 0 atom stereocenters. The van der Waals surface area contributed by atoms with Gasteiger partial charge < -0.3 is 25.8 Å². The number of ether oxygens (including phenoxy) is 2. The highest BCUT2D eigenvalue weighted by Crippen LogP contribution is 2.32. The van der Waals surface area contributed by atoms with Crippen LogP contribution in [0.15, 0.2) is 42.5 Å². The lowest BCUT2D eigenvalue weighted by Gasteiger charge is -2.19. The van der Waals surface area contributed by atoms with Gasteiger partial charge in [-0.2, -0.15) is 0 Å². The highest BCUT2D eigenvalue weighted by Gasteiger charge is 2.12. The maximum Gasteiger partial charge on any atom is 0.323 e. The number of carbonyl (C=O) groups is 1. The topological polar surface area (TPSA) is 85.6 Å². The molecule has 2 aromatic carbocycles. The fourth-order valence-electron chi connectivity index (χ4n) is 2.03. The standard InChI is InChI=1S/C15H15N3O3/c16-10-2-1-3-11(8-10)17-15(19)18-12-4-5-13-14(9-12)21-7-6-20-13/h1-5,8-9H,6-7,16H2,(H2,17,18,19). The molecule has 0 saturated carbocycles. The van der Waals surface area contributed by atoms with E-state index < -0.39 is 0 Å². The molecule has 0 aliphatic carbocycles. The molecule has 2 amide bonds. The second-order valence-electron chi connectivity index (χ2n) is 4.56. The molecule has 0 unspecified atom stereocenters. The van der Waals surface area contributed by atoms with Crippen LogP contribution in [-0.4, -0.2) is 19.2 Å². The fourth-order valence-corrected chi connectivity index (χ4v) is 2.03. The van der Waals surface area contributed by atoms with Crippen molar-refractivity contribution in [3.8, 4) is 11.5 Å². The van der Waals surface area contributed by atoms with E-state index in [-0.39, 0.29) is 6.03 Å². The van der Waals surface area contributed by atoms with E-state index in [1.54, 1.807) is 42.5 Å². The first-order valence-corrected chi connectivity index (χ1v) is 6.54. The predicted octanol–water partition coefficient (Wildman–Crippen LogP) is 2.68. The third kappa shape index (κ3) is 3.17. The molecule has 0 aromatic heterocycles. The monoisotopic (exact) mass is 285 g/mol. The molecule has 3 rings (SSSR count). The van der Waals surface area contributed by atoms with Gasteiger partial charge in [0, 0.05) is 23.1 Å². The summed E-state index contributed by atoms with van der Waals surface area (Å²) in [5.41, 5.74) is 7.51. The van der Waals surface area contributed by atoms with Crippen LogP contribution in [0.1, 0.15) is 0 Å². The number of amides is 2. The minimum atomic E-state index is -0.350. The number of nitrogen functional groups attached to an aromatic ring is 1. The van der Waals surface area contributed by atoms with Crippen LogP contribution >= 0.6 is 0 Å². The summed E-state index contributed by atoms with van der Waals surface area (Å²) in [6, 6.07) is 11.9. The lowest BCUT2D eigenvalue weighted by atomic mass is 10.2. The van der Waals surface area contributed by atoms with E-state index in [0.717, 1.165) is 0 Å². The molecule has 4 N–H and O–H groups in total. The predicted molar refractivity (Wildman–Crippen MR) is 80.9 cm³/mol. The van der Waals surface area contributed by atoms with Crippen LogP contribution in [0.4, 0.5) is 21.9 Å². The van der Waals surface area contributed by atoms with Gasteiger partial charge in [-0.1, -0.05) is 6.07 Å². The fraction of sp³-hybridized carbons (Fsp3) is 0.133. The van der Waals surface area contributed by atoms with Crippen molar-refractivity contribution >= 4 is 23.1 Å². The second-order valence-corrected chi connectivity index (χ2v) is 4.56. The first-order chi connectivity index (χ1) is 10.2. The molecular weight excluding hydrogens is 270 g/mol. The van der Waals surface area contributed by atoms with E-state index in [4.69, 9.17) is 15.2 Å². The number of carbonyl (C=O) groups excluding carboxylic acids is 1. The Hall–Kier alpha value is -2.89. The van der Waals surface area contributed by atoms with Gasteiger partial charge in [-0.05, 0) is 30.3 Å². The summed E-state index contributed by atoms with van der Waals surface area (Å²) in [6.07, 6.45) is 0. The number of hydrogen-bond donors (Lipinski definition) is 3. The maximum atomic E-state index is 11.9. The zero-order valence-electron chi connectivity index (χ0n) is 11.3. The first kappa shape index (κ1) is 13.1. The van der Waals surface area contributed by atoms with Crippen molar-refractivity contribution < 1.29 is 14.3 Å². The molecule has 0 fully saturated rings. The van der Waals surface area contributed by atoms with Crippen LogP contribution in [0, 0.1) is 0 Å². The summed E-state index contributed by atoms with van der Waals surface area (Å²) in [5, 5.41) is 5.44. The Morgan fingerprint density at radius 3 is 2.43 bits per heavy atom. The van der Waals surface area contributed by atoms with Gasteiger partial charge in [-0.3, -0.25) is 0 Å². The van der Waals surface area contributed by atoms with Gasteiger partial charge in [0.15, 0.2) is 11.5 Å². The number of benzene rings is 2. The highest BCUT2D eigenvalue weighted by atomic mass is 16.6. The molecule has 0 saturated heterocycles. The molecule has 6 heteroatoms. The molecule has 2 aromatic rings. The number of rotatable bonds is 2. The van der Waals surface area contributed by atoms with Crippen molar-refractivity contribution in [2.45, 2.75) is 0 Å². The molecular formula is C15H15N3O3. The Labute approximate surface area is 121 Å². The maximum absolute atomic E-state index is 11.9. The Kier molecular flexibility index (Phi) is 3.51. The lowest BCUT2D eigenvalue weighted by molar-refractivity contribution is 0.171. The summed E-state index contributed by atoms with van der Waals surface area (Å²) in [6.45, 7) is 1.04. The van der Waals surface area contributed by atoms with Crippen molar-refractivity contribution in [1.29, 1.82) is 0 Å². The van der Waals surface area contributed by atoms with E-state index in [9.17, 15) is 4.79 Å². The van der Waals surface area contributed by atoms with Gasteiger partial charge in [0.05, 0.1) is 0 Å². The SMILES string of the molecule is Nc1cccc(NC(=O)Nc2ccc3c(c2)OCCO3)c1. The molecule has 0 radical (unpaired) electrons. The molecule has 1 aliphatic heterocycles. The van der Waals surface area contributed by atoms with Crippen LogP contribution in [0.5, 0.6) is 11.5 Å². The molecule has 1 aliphatic rings. The van der Waals surface area contributed by atoms with Crippen molar-refractivity contribution in [3.05, 3.63) is 42.5 Å². The molecule has 108 valence electrons. The molecule has 0 bridgehead atoms. The Bertz CT molecular complexity index is 673. The van der Waals surface area contributed by atoms with E-state index in [0.29, 0.717) is 41.8 Å². The summed E-state index contributed by atoms with van der Waals surface area (Å²) < 4.78 is 10.9. The van der Waals surface area contributed by atoms with Gasteiger partial charge in [-0.15, -0.1) is 0 Å². The van der Waals surface area contributed by atoms with Crippen molar-refractivity contribution in [3.63, 3.8) is 0 Å². The summed E-state index contributed by atoms with van der Waals surface area (Å²) >= 11 is 0. The lowest BCUT2D eigenvalue weighted by Crippen LogP contribution is -2.20. The normalized spacial score (nSPS) is 12.6. The number of fused-ring (bicyclic) bond motifs is 1. The number of nitrogens with one attached hydrogen (secondary N) is 2. The smallest absolute Gasteiger partial charge is 0.323 e. The number of nitrogens with two attached hydrogens (primary N) is 1. The van der Waals surface area contributed by atoms with Crippen molar-refractivity contribution in [1.82, 2.24) is 0 Å². The van der Waals surface area contributed by atoms with E-state index in [1.165, 1.54) is 0 Å². The molecule has 6 nitrogen and oxygen atoms in total. The quantitative estimate of drug-likeness (QED) is 0.740. The van der Waals surface area contributed by atoms with Crippen LogP contribution in [0.2, 0.25) is 0 Å².